The van der Waals surface area contributed by atoms with E-state index in [2.05, 4.69) is 71.4 Å². The summed E-state index contributed by atoms with van der Waals surface area (Å²) < 4.78 is 7.82. The van der Waals surface area contributed by atoms with Crippen LogP contribution in [-0.4, -0.2) is 59.1 Å². The number of nitrogens with two attached hydrogens (primary N) is 1. The molecule has 0 saturated carbocycles. The normalized spacial score (nSPS) is 17.0. The van der Waals surface area contributed by atoms with Crippen molar-refractivity contribution in [3.63, 3.8) is 0 Å². The second-order valence-electron chi connectivity index (χ2n) is 12.0. The zero-order valence-corrected chi connectivity index (χ0v) is 25.1. The number of carbonyl (C=O) groups is 2. The average molecular weight is 580 g/mol. The molecule has 0 aliphatic carbocycles. The Morgan fingerprint density at radius 3 is 2.74 bits per heavy atom. The molecule has 0 spiro atoms. The Morgan fingerprint density at radius 2 is 1.93 bits per heavy atom. The van der Waals surface area contributed by atoms with Gasteiger partial charge in [0.1, 0.15) is 11.6 Å². The molecule has 3 N–H and O–H groups in total. The third kappa shape index (κ3) is 6.30. The fraction of sp³-hybridized carbons (Fsp3) is 0.400. The number of fused-ring (bicyclic) bond motifs is 2. The molecule has 1 aromatic heterocycles. The maximum atomic E-state index is 13.4. The molecule has 43 heavy (non-hydrogen) atoms. The lowest BCUT2D eigenvalue weighted by atomic mass is 9.95. The quantitative estimate of drug-likeness (QED) is 0.298. The lowest BCUT2D eigenvalue weighted by Crippen LogP contribution is -2.42. The van der Waals surface area contributed by atoms with Gasteiger partial charge in [-0.15, -0.1) is 0 Å². The summed E-state index contributed by atoms with van der Waals surface area (Å²) in [5.41, 5.74) is 14.4. The molecule has 1 saturated heterocycles. The Balaban J connectivity index is 1.09. The lowest BCUT2D eigenvalue weighted by Gasteiger charge is -2.33. The number of benzene rings is 3. The van der Waals surface area contributed by atoms with E-state index in [9.17, 15) is 9.59 Å². The Labute approximate surface area is 253 Å². The van der Waals surface area contributed by atoms with E-state index >= 15 is 0 Å². The highest BCUT2D eigenvalue weighted by Crippen LogP contribution is 2.32. The van der Waals surface area contributed by atoms with Gasteiger partial charge in [0.25, 0.3) is 0 Å². The van der Waals surface area contributed by atoms with Gasteiger partial charge in [-0.2, -0.15) is 0 Å². The monoisotopic (exact) mass is 579 g/mol. The van der Waals surface area contributed by atoms with Crippen molar-refractivity contribution >= 4 is 22.8 Å². The molecule has 0 radical (unpaired) electrons. The van der Waals surface area contributed by atoms with Gasteiger partial charge in [-0.1, -0.05) is 42.5 Å². The number of aromatic nitrogens is 2. The third-order valence-electron chi connectivity index (χ3n) is 8.90. The largest absolute Gasteiger partial charge is 0.493 e. The van der Waals surface area contributed by atoms with Gasteiger partial charge in [0, 0.05) is 57.9 Å². The van der Waals surface area contributed by atoms with Crippen LogP contribution in [0, 0.1) is 6.92 Å². The van der Waals surface area contributed by atoms with E-state index in [1.54, 1.807) is 7.05 Å². The van der Waals surface area contributed by atoms with Crippen molar-refractivity contribution in [1.82, 2.24) is 19.8 Å². The van der Waals surface area contributed by atoms with Crippen LogP contribution in [0.1, 0.15) is 54.1 Å². The van der Waals surface area contributed by atoms with E-state index in [1.807, 2.05) is 11.0 Å². The summed E-state index contributed by atoms with van der Waals surface area (Å²) in [6, 6.07) is 20.8. The summed E-state index contributed by atoms with van der Waals surface area (Å²) in [6.07, 6.45) is 4.18. The summed E-state index contributed by atoms with van der Waals surface area (Å²) in [5.74, 6) is 2.17. The van der Waals surface area contributed by atoms with Crippen LogP contribution in [0.5, 0.6) is 5.75 Å². The minimum absolute atomic E-state index is 0.00265. The number of rotatable bonds is 9. The molecule has 1 fully saturated rings. The molecular formula is C35H41N5O3. The summed E-state index contributed by atoms with van der Waals surface area (Å²) in [4.78, 5) is 32.5. The topological polar surface area (TPSA) is 102 Å². The molecule has 6 rings (SSSR count). The number of ether oxygens (including phenoxy) is 1. The molecule has 3 aromatic carbocycles. The van der Waals surface area contributed by atoms with E-state index in [0.29, 0.717) is 32.4 Å². The molecule has 4 aromatic rings. The zero-order valence-electron chi connectivity index (χ0n) is 25.1. The molecule has 0 unspecified atom stereocenters. The van der Waals surface area contributed by atoms with Crippen molar-refractivity contribution in [3.8, 4) is 16.9 Å². The number of hydrogen-bond acceptors (Lipinski definition) is 5. The van der Waals surface area contributed by atoms with E-state index in [1.165, 1.54) is 16.7 Å². The number of piperidine rings is 1. The Hall–Kier alpha value is -4.17. The first-order valence-corrected chi connectivity index (χ1v) is 15.4. The molecule has 0 bridgehead atoms. The van der Waals surface area contributed by atoms with Crippen molar-refractivity contribution in [2.24, 2.45) is 5.73 Å². The molecule has 2 atom stereocenters. The predicted octanol–water partition coefficient (Wildman–Crippen LogP) is 4.75. The van der Waals surface area contributed by atoms with Crippen LogP contribution in [-0.2, 0) is 29.0 Å². The maximum Gasteiger partial charge on any atom is 0.224 e. The number of amides is 2. The number of hydrogen-bond donors (Lipinski definition) is 2. The van der Waals surface area contributed by atoms with Crippen molar-refractivity contribution in [1.29, 1.82) is 0 Å². The zero-order chi connectivity index (χ0) is 29.9. The summed E-state index contributed by atoms with van der Waals surface area (Å²) >= 11 is 0. The first-order valence-electron chi connectivity index (χ1n) is 15.4. The highest BCUT2D eigenvalue weighted by molar-refractivity contribution is 5.81. The molecular weight excluding hydrogens is 538 g/mol. The molecule has 3 heterocycles. The number of aryl methyl sites for hydroxylation is 2. The second kappa shape index (κ2) is 12.6. The smallest absolute Gasteiger partial charge is 0.224 e. The fourth-order valence-electron chi connectivity index (χ4n) is 6.53. The molecule has 2 aliphatic rings. The SMILES string of the molecule is CNC(=O)CCn1c([C@@H]2CCCN(C(=O)C[C@H](N)Cc3ccc(-c4ccc5c(c4)CCO5)cc3)C2)nc2c(C)cccc21. The number of nitrogens with one attached hydrogen (secondary N) is 1. The van der Waals surface area contributed by atoms with Gasteiger partial charge >= 0.3 is 0 Å². The number of imidazole rings is 1. The van der Waals surface area contributed by atoms with Gasteiger partial charge < -0.3 is 25.3 Å². The summed E-state index contributed by atoms with van der Waals surface area (Å²) in [5, 5.41) is 2.72. The van der Waals surface area contributed by atoms with Crippen LogP contribution in [0.2, 0.25) is 0 Å². The van der Waals surface area contributed by atoms with Crippen molar-refractivity contribution < 1.29 is 14.3 Å². The summed E-state index contributed by atoms with van der Waals surface area (Å²) in [6.45, 7) is 4.74. The fourth-order valence-corrected chi connectivity index (χ4v) is 6.53. The first-order chi connectivity index (χ1) is 20.9. The Morgan fingerprint density at radius 1 is 1.12 bits per heavy atom. The van der Waals surface area contributed by atoms with Gasteiger partial charge in [0.05, 0.1) is 17.6 Å². The molecule has 8 nitrogen and oxygen atoms in total. The van der Waals surface area contributed by atoms with Gasteiger partial charge in [-0.3, -0.25) is 9.59 Å². The van der Waals surface area contributed by atoms with Crippen molar-refractivity contribution in [2.45, 2.75) is 64.0 Å². The number of likely N-dealkylation sites (tertiary alicyclic amines) is 1. The Bertz CT molecular complexity index is 1630. The van der Waals surface area contributed by atoms with Crippen LogP contribution in [0.4, 0.5) is 0 Å². The highest BCUT2D eigenvalue weighted by Gasteiger charge is 2.29. The summed E-state index contributed by atoms with van der Waals surface area (Å²) in [7, 11) is 1.66. The second-order valence-corrected chi connectivity index (χ2v) is 12.0. The first kappa shape index (κ1) is 28.9. The third-order valence-corrected chi connectivity index (χ3v) is 8.90. The van der Waals surface area contributed by atoms with Gasteiger partial charge in [-0.05, 0) is 72.2 Å². The maximum absolute atomic E-state index is 13.4. The number of nitrogens with zero attached hydrogens (tertiary/aromatic N) is 3. The van der Waals surface area contributed by atoms with E-state index in [4.69, 9.17) is 15.5 Å². The van der Waals surface area contributed by atoms with Crippen LogP contribution < -0.4 is 15.8 Å². The van der Waals surface area contributed by atoms with E-state index in [0.717, 1.165) is 66.1 Å². The molecule has 8 heteroatoms. The number of carbonyl (C=O) groups excluding carboxylic acids is 2. The lowest BCUT2D eigenvalue weighted by molar-refractivity contribution is -0.132. The highest BCUT2D eigenvalue weighted by atomic mass is 16.5. The average Bonchev–Trinajstić information content (AvgIpc) is 3.65. The standard InChI is InChI=1S/C35H41N5O3/c1-23-5-3-7-30-34(23)38-35(40(30)17-14-32(41)37-2)28-6-4-16-39(22-28)33(42)21-29(36)19-24-8-10-25(11-9-24)26-12-13-31-27(20-26)15-18-43-31/h3,5,7-13,20,28-29H,4,6,14-19,21-22,36H2,1-2H3,(H,37,41)/t28-,29-/m1/s1. The predicted molar refractivity (Wildman–Crippen MR) is 169 cm³/mol. The van der Waals surface area contributed by atoms with Crippen LogP contribution >= 0.6 is 0 Å². The van der Waals surface area contributed by atoms with E-state index in [-0.39, 0.29) is 23.8 Å². The van der Waals surface area contributed by atoms with Gasteiger partial charge in [0.2, 0.25) is 11.8 Å². The minimum Gasteiger partial charge on any atom is -0.493 e. The van der Waals surface area contributed by atoms with Gasteiger partial charge in [0.15, 0.2) is 0 Å². The van der Waals surface area contributed by atoms with Crippen LogP contribution in [0.15, 0.2) is 60.7 Å². The van der Waals surface area contributed by atoms with E-state index < -0.39 is 0 Å². The number of para-hydroxylation sites is 1. The van der Waals surface area contributed by atoms with Crippen molar-refractivity contribution in [2.75, 3.05) is 26.7 Å². The van der Waals surface area contributed by atoms with Crippen molar-refractivity contribution in [3.05, 3.63) is 83.2 Å². The molecule has 2 aliphatic heterocycles. The molecule has 2 amide bonds. The van der Waals surface area contributed by atoms with Crippen LogP contribution in [0.25, 0.3) is 22.2 Å². The minimum atomic E-state index is -0.254. The van der Waals surface area contributed by atoms with Crippen LogP contribution in [0.3, 0.4) is 0 Å². The Kier molecular flexibility index (Phi) is 8.47. The van der Waals surface area contributed by atoms with Gasteiger partial charge in [-0.25, -0.2) is 4.98 Å². The molecule has 224 valence electrons.